The number of nitrogen functional groups attached to an aromatic ring is 1. The minimum Gasteiger partial charge on any atom is -0.464 e. The second kappa shape index (κ2) is 6.74. The quantitative estimate of drug-likeness (QED) is 0.804. The van der Waals surface area contributed by atoms with Crippen LogP contribution in [-0.2, 0) is 11.3 Å². The van der Waals surface area contributed by atoms with Crippen LogP contribution < -0.4 is 5.73 Å². The Kier molecular flexibility index (Phi) is 5.56. The number of aryl methyl sites for hydroxylation is 1. The van der Waals surface area contributed by atoms with Gasteiger partial charge in [-0.2, -0.15) is 0 Å². The van der Waals surface area contributed by atoms with Gasteiger partial charge in [0.05, 0.1) is 7.11 Å². The lowest BCUT2D eigenvalue weighted by Crippen LogP contribution is -2.39. The van der Waals surface area contributed by atoms with E-state index in [1.54, 1.807) is 0 Å². The Hall–Kier alpha value is -1.56. The summed E-state index contributed by atoms with van der Waals surface area (Å²) in [5.41, 5.74) is 6.20. The van der Waals surface area contributed by atoms with Crippen molar-refractivity contribution in [3.05, 3.63) is 11.5 Å². The van der Waals surface area contributed by atoms with E-state index >= 15 is 0 Å². The number of imidazole rings is 1. The van der Waals surface area contributed by atoms with Gasteiger partial charge in [-0.3, -0.25) is 4.90 Å². The summed E-state index contributed by atoms with van der Waals surface area (Å²) in [6, 6.07) is 0.917. The highest BCUT2D eigenvalue weighted by atomic mass is 16.5. The summed E-state index contributed by atoms with van der Waals surface area (Å²) in [5.74, 6) is 0.617. The van der Waals surface area contributed by atoms with Crippen molar-refractivity contribution in [3.8, 4) is 0 Å². The van der Waals surface area contributed by atoms with Gasteiger partial charge in [0.25, 0.3) is 0 Å². The Morgan fingerprint density at radius 2 is 1.90 bits per heavy atom. The highest BCUT2D eigenvalue weighted by Gasteiger charge is 2.20. The molecule has 0 unspecified atom stereocenters. The van der Waals surface area contributed by atoms with Crippen LogP contribution in [0.15, 0.2) is 0 Å². The van der Waals surface area contributed by atoms with Gasteiger partial charge < -0.3 is 15.0 Å². The number of anilines is 1. The van der Waals surface area contributed by atoms with E-state index in [1.165, 1.54) is 7.11 Å². The fourth-order valence-electron chi connectivity index (χ4n) is 2.44. The Balaban J connectivity index is 2.88. The SMILES string of the molecule is COC(=O)c1nc(C)n(CCN(C(C)C)C(C)C)c1N. The molecule has 0 bridgehead atoms. The van der Waals surface area contributed by atoms with Gasteiger partial charge in [0.2, 0.25) is 0 Å². The molecular weight excluding hydrogens is 256 g/mol. The minimum absolute atomic E-state index is 0.200. The smallest absolute Gasteiger partial charge is 0.360 e. The molecule has 0 fully saturated rings. The lowest BCUT2D eigenvalue weighted by molar-refractivity contribution is 0.0595. The molecule has 0 atom stereocenters. The average Bonchev–Trinajstić information content (AvgIpc) is 2.64. The molecule has 6 heteroatoms. The Bertz CT molecular complexity index is 458. The molecule has 0 aliphatic heterocycles. The zero-order valence-corrected chi connectivity index (χ0v) is 13.3. The van der Waals surface area contributed by atoms with Gasteiger partial charge >= 0.3 is 5.97 Å². The summed E-state index contributed by atoms with van der Waals surface area (Å²) in [7, 11) is 1.33. The van der Waals surface area contributed by atoms with Gasteiger partial charge in [-0.1, -0.05) is 0 Å². The topological polar surface area (TPSA) is 73.4 Å². The first kappa shape index (κ1) is 16.5. The molecular formula is C14H26N4O2. The number of ether oxygens (including phenoxy) is 1. The van der Waals surface area contributed by atoms with Crippen molar-refractivity contribution >= 4 is 11.8 Å². The number of nitrogens with two attached hydrogens (primary N) is 1. The molecule has 0 saturated heterocycles. The molecule has 0 aliphatic carbocycles. The maximum atomic E-state index is 11.6. The number of hydrogen-bond acceptors (Lipinski definition) is 5. The Morgan fingerprint density at radius 1 is 1.35 bits per heavy atom. The number of rotatable bonds is 6. The van der Waals surface area contributed by atoms with E-state index in [-0.39, 0.29) is 5.69 Å². The number of carbonyl (C=O) groups excluding carboxylic acids is 1. The van der Waals surface area contributed by atoms with Crippen molar-refractivity contribution in [2.45, 2.75) is 53.2 Å². The van der Waals surface area contributed by atoms with Crippen molar-refractivity contribution in [1.29, 1.82) is 0 Å². The summed E-state index contributed by atoms with van der Waals surface area (Å²) in [5, 5.41) is 0. The predicted octanol–water partition coefficient (Wildman–Crippen LogP) is 1.68. The van der Waals surface area contributed by atoms with Crippen molar-refractivity contribution < 1.29 is 9.53 Å². The summed E-state index contributed by atoms with van der Waals surface area (Å²) in [4.78, 5) is 18.1. The van der Waals surface area contributed by atoms with Crippen LogP contribution in [0, 0.1) is 6.92 Å². The third-order valence-corrected chi connectivity index (χ3v) is 3.48. The van der Waals surface area contributed by atoms with Gasteiger partial charge in [0.15, 0.2) is 5.69 Å². The first-order valence-electron chi connectivity index (χ1n) is 6.96. The second-order valence-electron chi connectivity index (χ2n) is 5.46. The molecule has 0 spiro atoms. The first-order chi connectivity index (χ1) is 9.29. The first-order valence-corrected chi connectivity index (χ1v) is 6.96. The predicted molar refractivity (Wildman–Crippen MR) is 79.7 cm³/mol. The largest absolute Gasteiger partial charge is 0.464 e. The van der Waals surface area contributed by atoms with Crippen molar-refractivity contribution in [2.75, 3.05) is 19.4 Å². The van der Waals surface area contributed by atoms with Crippen LogP contribution in [0.3, 0.4) is 0 Å². The number of aromatic nitrogens is 2. The molecule has 114 valence electrons. The Labute approximate surface area is 120 Å². The van der Waals surface area contributed by atoms with E-state index in [9.17, 15) is 4.79 Å². The highest BCUT2D eigenvalue weighted by Crippen LogP contribution is 2.16. The van der Waals surface area contributed by atoms with Crippen LogP contribution in [0.2, 0.25) is 0 Å². The van der Waals surface area contributed by atoms with E-state index in [0.29, 0.717) is 24.4 Å². The standard InChI is InChI=1S/C14H26N4O2/c1-9(2)17(10(3)4)7-8-18-11(5)16-12(13(18)15)14(19)20-6/h9-10H,7-8,15H2,1-6H3. The molecule has 0 radical (unpaired) electrons. The van der Waals surface area contributed by atoms with Crippen LogP contribution in [0.4, 0.5) is 5.82 Å². The van der Waals surface area contributed by atoms with Crippen LogP contribution in [-0.4, -0.2) is 46.2 Å². The molecule has 0 amide bonds. The molecule has 0 aromatic carbocycles. The molecule has 2 N–H and O–H groups in total. The van der Waals surface area contributed by atoms with Gasteiger partial charge in [-0.25, -0.2) is 9.78 Å². The average molecular weight is 282 g/mol. The monoisotopic (exact) mass is 282 g/mol. The van der Waals surface area contributed by atoms with Crippen LogP contribution in [0.1, 0.15) is 44.0 Å². The van der Waals surface area contributed by atoms with Gasteiger partial charge in [-0.15, -0.1) is 0 Å². The maximum Gasteiger partial charge on any atom is 0.360 e. The van der Waals surface area contributed by atoms with Crippen molar-refractivity contribution in [3.63, 3.8) is 0 Å². The summed E-state index contributed by atoms with van der Waals surface area (Å²) >= 11 is 0. The Morgan fingerprint density at radius 3 is 2.35 bits per heavy atom. The third-order valence-electron chi connectivity index (χ3n) is 3.48. The second-order valence-corrected chi connectivity index (χ2v) is 5.46. The minimum atomic E-state index is -0.492. The number of carbonyl (C=O) groups is 1. The van der Waals surface area contributed by atoms with Crippen molar-refractivity contribution in [2.24, 2.45) is 0 Å². The summed E-state index contributed by atoms with van der Waals surface area (Å²) in [6.45, 7) is 12.1. The summed E-state index contributed by atoms with van der Waals surface area (Å²) < 4.78 is 6.55. The fraction of sp³-hybridized carbons (Fsp3) is 0.714. The normalized spacial score (nSPS) is 11.7. The van der Waals surface area contributed by atoms with E-state index in [2.05, 4.69) is 42.3 Å². The fourth-order valence-corrected chi connectivity index (χ4v) is 2.44. The maximum absolute atomic E-state index is 11.6. The van der Waals surface area contributed by atoms with Crippen LogP contribution >= 0.6 is 0 Å². The lowest BCUT2D eigenvalue weighted by atomic mass is 10.2. The zero-order valence-electron chi connectivity index (χ0n) is 13.3. The zero-order chi connectivity index (χ0) is 15.4. The third kappa shape index (κ3) is 3.50. The van der Waals surface area contributed by atoms with E-state index in [4.69, 9.17) is 5.73 Å². The number of methoxy groups -OCH3 is 1. The highest BCUT2D eigenvalue weighted by molar-refractivity contribution is 5.92. The molecule has 0 saturated carbocycles. The molecule has 1 aromatic rings. The molecule has 20 heavy (non-hydrogen) atoms. The van der Waals surface area contributed by atoms with Gasteiger partial charge in [-0.05, 0) is 34.6 Å². The van der Waals surface area contributed by atoms with E-state index < -0.39 is 5.97 Å². The van der Waals surface area contributed by atoms with Crippen LogP contribution in [0.5, 0.6) is 0 Å². The van der Waals surface area contributed by atoms with E-state index in [1.807, 2.05) is 11.5 Å². The van der Waals surface area contributed by atoms with Gasteiger partial charge in [0, 0.05) is 25.2 Å². The van der Waals surface area contributed by atoms with E-state index in [0.717, 1.165) is 12.4 Å². The summed E-state index contributed by atoms with van der Waals surface area (Å²) in [6.07, 6.45) is 0. The number of hydrogen-bond donors (Lipinski definition) is 1. The molecule has 1 aromatic heterocycles. The molecule has 1 heterocycles. The van der Waals surface area contributed by atoms with Gasteiger partial charge in [0.1, 0.15) is 11.6 Å². The van der Waals surface area contributed by atoms with Crippen molar-refractivity contribution in [1.82, 2.24) is 14.5 Å². The lowest BCUT2D eigenvalue weighted by Gasteiger charge is -2.30. The van der Waals surface area contributed by atoms with Crippen LogP contribution in [0.25, 0.3) is 0 Å². The molecule has 1 rings (SSSR count). The number of nitrogens with zero attached hydrogens (tertiary/aromatic N) is 3. The number of esters is 1. The molecule has 6 nitrogen and oxygen atoms in total. The molecule has 0 aliphatic rings.